The summed E-state index contributed by atoms with van der Waals surface area (Å²) >= 11 is 0. The highest BCUT2D eigenvalue weighted by Crippen LogP contribution is 2.32. The van der Waals surface area contributed by atoms with Gasteiger partial charge in [0, 0.05) is 31.1 Å². The van der Waals surface area contributed by atoms with Gasteiger partial charge >= 0.3 is 0 Å². The van der Waals surface area contributed by atoms with E-state index in [4.69, 9.17) is 5.73 Å². The SMILES string of the molecule is CCC(N)(CC)CNC(=O)C1CCCN(C(=O)C2CC2)C1. The largest absolute Gasteiger partial charge is 0.354 e. The van der Waals surface area contributed by atoms with Gasteiger partial charge in [-0.25, -0.2) is 0 Å². The average molecular weight is 295 g/mol. The predicted octanol–water partition coefficient (Wildman–Crippen LogP) is 1.27. The summed E-state index contributed by atoms with van der Waals surface area (Å²) in [6, 6.07) is 0. The van der Waals surface area contributed by atoms with E-state index in [1.807, 2.05) is 18.7 Å². The van der Waals surface area contributed by atoms with E-state index >= 15 is 0 Å². The minimum absolute atomic E-state index is 0.0556. The molecule has 0 bridgehead atoms. The minimum Gasteiger partial charge on any atom is -0.354 e. The Hall–Kier alpha value is -1.10. The second-order valence-corrected chi connectivity index (χ2v) is 6.68. The number of nitrogens with two attached hydrogens (primary N) is 1. The molecule has 5 heteroatoms. The number of hydrogen-bond donors (Lipinski definition) is 2. The first-order valence-electron chi connectivity index (χ1n) is 8.34. The van der Waals surface area contributed by atoms with Gasteiger partial charge in [-0.3, -0.25) is 9.59 Å². The van der Waals surface area contributed by atoms with Gasteiger partial charge in [0.05, 0.1) is 5.92 Å². The number of carbonyl (C=O) groups is 2. The van der Waals surface area contributed by atoms with Crippen LogP contribution in [0.25, 0.3) is 0 Å². The first-order valence-corrected chi connectivity index (χ1v) is 8.34. The van der Waals surface area contributed by atoms with Gasteiger partial charge in [-0.2, -0.15) is 0 Å². The summed E-state index contributed by atoms with van der Waals surface area (Å²) in [7, 11) is 0. The zero-order chi connectivity index (χ0) is 15.5. The molecule has 21 heavy (non-hydrogen) atoms. The van der Waals surface area contributed by atoms with Crippen molar-refractivity contribution >= 4 is 11.8 Å². The molecule has 0 aromatic carbocycles. The third kappa shape index (κ3) is 4.19. The number of piperidine rings is 1. The third-order valence-electron chi connectivity index (χ3n) is 5.05. The van der Waals surface area contributed by atoms with Gasteiger partial charge in [0.1, 0.15) is 0 Å². The van der Waals surface area contributed by atoms with Gasteiger partial charge in [0.2, 0.25) is 11.8 Å². The molecule has 1 saturated carbocycles. The summed E-state index contributed by atoms with van der Waals surface area (Å²) in [6.45, 7) is 6.01. The van der Waals surface area contributed by atoms with Crippen LogP contribution in [0.3, 0.4) is 0 Å². The highest BCUT2D eigenvalue weighted by Gasteiger charge is 2.36. The Kier molecular flexibility index (Phi) is 5.25. The number of hydrogen-bond acceptors (Lipinski definition) is 3. The molecule has 1 atom stereocenters. The van der Waals surface area contributed by atoms with Gasteiger partial charge in [0.15, 0.2) is 0 Å². The van der Waals surface area contributed by atoms with Crippen LogP contribution in [0.15, 0.2) is 0 Å². The Morgan fingerprint density at radius 1 is 1.19 bits per heavy atom. The second kappa shape index (κ2) is 6.77. The summed E-state index contributed by atoms with van der Waals surface area (Å²) < 4.78 is 0. The first kappa shape index (κ1) is 16.3. The van der Waals surface area contributed by atoms with Crippen molar-refractivity contribution < 1.29 is 9.59 Å². The molecule has 3 N–H and O–H groups in total. The molecule has 1 saturated heterocycles. The zero-order valence-electron chi connectivity index (χ0n) is 13.4. The van der Waals surface area contributed by atoms with Crippen LogP contribution in [0, 0.1) is 11.8 Å². The fourth-order valence-corrected chi connectivity index (χ4v) is 2.89. The lowest BCUT2D eigenvalue weighted by Gasteiger charge is -2.33. The van der Waals surface area contributed by atoms with E-state index in [1.165, 1.54) is 0 Å². The maximum Gasteiger partial charge on any atom is 0.225 e. The lowest BCUT2D eigenvalue weighted by molar-refractivity contribution is -0.136. The van der Waals surface area contributed by atoms with Crippen LogP contribution in [-0.4, -0.2) is 41.9 Å². The molecule has 120 valence electrons. The second-order valence-electron chi connectivity index (χ2n) is 6.68. The van der Waals surface area contributed by atoms with E-state index in [0.29, 0.717) is 13.1 Å². The smallest absolute Gasteiger partial charge is 0.225 e. The molecule has 0 spiro atoms. The maximum absolute atomic E-state index is 12.3. The monoisotopic (exact) mass is 295 g/mol. The Balaban J connectivity index is 1.82. The van der Waals surface area contributed by atoms with E-state index in [9.17, 15) is 9.59 Å². The summed E-state index contributed by atoms with van der Waals surface area (Å²) in [4.78, 5) is 26.3. The van der Waals surface area contributed by atoms with Crippen molar-refractivity contribution in [3.8, 4) is 0 Å². The molecular weight excluding hydrogens is 266 g/mol. The van der Waals surface area contributed by atoms with Crippen LogP contribution >= 0.6 is 0 Å². The number of carbonyl (C=O) groups excluding carboxylic acids is 2. The molecule has 2 fully saturated rings. The van der Waals surface area contributed by atoms with Gasteiger partial charge < -0.3 is 16.0 Å². The van der Waals surface area contributed by atoms with Gasteiger partial charge in [-0.1, -0.05) is 13.8 Å². The molecule has 1 heterocycles. The third-order valence-corrected chi connectivity index (χ3v) is 5.05. The highest BCUT2D eigenvalue weighted by atomic mass is 16.2. The van der Waals surface area contributed by atoms with Crippen LogP contribution in [-0.2, 0) is 9.59 Å². The molecule has 0 aromatic heterocycles. The molecule has 0 aromatic rings. The Labute approximate surface area is 127 Å². The van der Waals surface area contributed by atoms with Crippen molar-refractivity contribution in [2.45, 2.75) is 57.9 Å². The number of amides is 2. The minimum atomic E-state index is -0.312. The normalized spacial score (nSPS) is 23.0. The van der Waals surface area contributed by atoms with Crippen molar-refractivity contribution in [1.82, 2.24) is 10.2 Å². The standard InChI is InChI=1S/C16H29N3O2/c1-3-16(17,4-2)11-18-14(20)13-6-5-9-19(10-13)15(21)12-7-8-12/h12-13H,3-11,17H2,1-2H3,(H,18,20). The number of likely N-dealkylation sites (tertiary alicyclic amines) is 1. The molecule has 5 nitrogen and oxygen atoms in total. The maximum atomic E-state index is 12.3. The predicted molar refractivity (Wildman–Crippen MR) is 82.5 cm³/mol. The van der Waals surface area contributed by atoms with Crippen LogP contribution < -0.4 is 11.1 Å². The molecule has 1 unspecified atom stereocenters. The quantitative estimate of drug-likeness (QED) is 0.775. The fourth-order valence-electron chi connectivity index (χ4n) is 2.89. The summed E-state index contributed by atoms with van der Waals surface area (Å²) in [5.74, 6) is 0.478. The number of rotatable bonds is 6. The lowest BCUT2D eigenvalue weighted by atomic mass is 9.93. The van der Waals surface area contributed by atoms with Crippen LogP contribution in [0.5, 0.6) is 0 Å². The van der Waals surface area contributed by atoms with E-state index < -0.39 is 0 Å². The Morgan fingerprint density at radius 3 is 2.43 bits per heavy atom. The topological polar surface area (TPSA) is 75.4 Å². The average Bonchev–Trinajstić information content (AvgIpc) is 3.36. The van der Waals surface area contributed by atoms with Gasteiger partial charge in [0.25, 0.3) is 0 Å². The van der Waals surface area contributed by atoms with E-state index in [2.05, 4.69) is 5.32 Å². The Bertz CT molecular complexity index is 389. The molecule has 2 rings (SSSR count). The Morgan fingerprint density at radius 2 is 1.86 bits per heavy atom. The van der Waals surface area contributed by atoms with E-state index in [-0.39, 0.29) is 29.2 Å². The molecule has 2 amide bonds. The van der Waals surface area contributed by atoms with Crippen LogP contribution in [0.4, 0.5) is 0 Å². The van der Waals surface area contributed by atoms with E-state index in [1.54, 1.807) is 0 Å². The van der Waals surface area contributed by atoms with Gasteiger partial charge in [-0.15, -0.1) is 0 Å². The van der Waals surface area contributed by atoms with Gasteiger partial charge in [-0.05, 0) is 38.5 Å². The molecule has 0 radical (unpaired) electrons. The number of nitrogens with one attached hydrogen (secondary N) is 1. The van der Waals surface area contributed by atoms with Crippen molar-refractivity contribution in [2.24, 2.45) is 17.6 Å². The van der Waals surface area contributed by atoms with E-state index in [0.717, 1.165) is 45.1 Å². The summed E-state index contributed by atoms with van der Waals surface area (Å²) in [6.07, 6.45) is 5.53. The van der Waals surface area contributed by atoms with Crippen LogP contribution in [0.2, 0.25) is 0 Å². The zero-order valence-corrected chi connectivity index (χ0v) is 13.4. The summed E-state index contributed by atoms with van der Waals surface area (Å²) in [5, 5.41) is 3.00. The molecular formula is C16H29N3O2. The van der Waals surface area contributed by atoms with Crippen molar-refractivity contribution in [2.75, 3.05) is 19.6 Å². The molecule has 1 aliphatic carbocycles. The van der Waals surface area contributed by atoms with Crippen molar-refractivity contribution in [3.05, 3.63) is 0 Å². The first-order chi connectivity index (χ1) is 9.99. The highest BCUT2D eigenvalue weighted by molar-refractivity contribution is 5.83. The molecule has 1 aliphatic heterocycles. The van der Waals surface area contributed by atoms with Crippen LogP contribution in [0.1, 0.15) is 52.4 Å². The lowest BCUT2D eigenvalue weighted by Crippen LogP contribution is -2.52. The fraction of sp³-hybridized carbons (Fsp3) is 0.875. The van der Waals surface area contributed by atoms with Crippen molar-refractivity contribution in [1.29, 1.82) is 0 Å². The van der Waals surface area contributed by atoms with Crippen molar-refractivity contribution in [3.63, 3.8) is 0 Å². The molecule has 2 aliphatic rings. The number of nitrogens with zero attached hydrogens (tertiary/aromatic N) is 1. The summed E-state index contributed by atoms with van der Waals surface area (Å²) in [5.41, 5.74) is 5.91.